The van der Waals surface area contributed by atoms with Crippen molar-refractivity contribution in [3.05, 3.63) is 0 Å². The summed E-state index contributed by atoms with van der Waals surface area (Å²) >= 11 is 0. The molecule has 3 unspecified atom stereocenters. The molecule has 25 heavy (non-hydrogen) atoms. The molecule has 0 aromatic carbocycles. The first-order valence-corrected chi connectivity index (χ1v) is 9.12. The van der Waals surface area contributed by atoms with Crippen LogP contribution in [0.5, 0.6) is 0 Å². The zero-order valence-corrected chi connectivity index (χ0v) is 15.0. The van der Waals surface area contributed by atoms with Crippen LogP contribution in [0.25, 0.3) is 0 Å². The van der Waals surface area contributed by atoms with E-state index in [1.807, 2.05) is 13.8 Å². The smallest absolute Gasteiger partial charge is 0.320 e. The number of ether oxygens (including phenoxy) is 1. The second kappa shape index (κ2) is 7.29. The molecule has 0 radical (unpaired) electrons. The molecule has 0 spiro atoms. The Balaban J connectivity index is 1.69. The number of likely N-dealkylation sites (tertiary alicyclic amines) is 2. The molecule has 3 fully saturated rings. The highest BCUT2D eigenvalue weighted by atomic mass is 16.5. The van der Waals surface area contributed by atoms with Crippen LogP contribution in [0.1, 0.15) is 26.7 Å². The van der Waals surface area contributed by atoms with Crippen LogP contribution >= 0.6 is 0 Å². The van der Waals surface area contributed by atoms with E-state index in [0.717, 1.165) is 0 Å². The van der Waals surface area contributed by atoms with Crippen molar-refractivity contribution in [2.75, 3.05) is 39.4 Å². The van der Waals surface area contributed by atoms with Crippen LogP contribution < -0.4 is 5.73 Å². The van der Waals surface area contributed by atoms with Gasteiger partial charge in [0, 0.05) is 19.6 Å². The lowest BCUT2D eigenvalue weighted by atomic mass is 10.0. The standard InChI is InChI=1S/C17H28N4O4/c1-11(2)9-12(18)16(23)20-4-3-13-15(20)14(22)10-21(13)17(24)19-5-7-25-8-6-19/h11-13,15H,3-10,18H2,1-2H3. The average molecular weight is 352 g/mol. The molecule has 140 valence electrons. The maximum Gasteiger partial charge on any atom is 0.320 e. The van der Waals surface area contributed by atoms with E-state index in [0.29, 0.717) is 51.6 Å². The molecule has 3 aliphatic heterocycles. The quantitative estimate of drug-likeness (QED) is 0.750. The van der Waals surface area contributed by atoms with Crippen molar-refractivity contribution in [2.45, 2.75) is 44.8 Å². The molecule has 8 heteroatoms. The van der Waals surface area contributed by atoms with Crippen molar-refractivity contribution in [1.29, 1.82) is 0 Å². The summed E-state index contributed by atoms with van der Waals surface area (Å²) in [5.41, 5.74) is 6.03. The van der Waals surface area contributed by atoms with E-state index in [2.05, 4.69) is 0 Å². The normalized spacial score (nSPS) is 27.8. The summed E-state index contributed by atoms with van der Waals surface area (Å²) in [6.45, 7) is 6.73. The molecule has 3 aliphatic rings. The second-order valence-electron chi connectivity index (χ2n) is 7.54. The number of carbonyl (C=O) groups excluding carboxylic acids is 3. The Labute approximate surface area is 148 Å². The van der Waals surface area contributed by atoms with Gasteiger partial charge in [0.1, 0.15) is 6.04 Å². The summed E-state index contributed by atoms with van der Waals surface area (Å²) in [6.07, 6.45) is 1.23. The van der Waals surface area contributed by atoms with Crippen LogP contribution in [0, 0.1) is 5.92 Å². The van der Waals surface area contributed by atoms with Crippen LogP contribution in [0.2, 0.25) is 0 Å². The van der Waals surface area contributed by atoms with Crippen molar-refractivity contribution in [3.8, 4) is 0 Å². The van der Waals surface area contributed by atoms with Gasteiger partial charge in [-0.3, -0.25) is 9.59 Å². The number of amides is 3. The molecule has 0 bridgehead atoms. The number of nitrogens with two attached hydrogens (primary N) is 1. The number of nitrogens with zero attached hydrogens (tertiary/aromatic N) is 3. The molecule has 0 aromatic heterocycles. The lowest BCUT2D eigenvalue weighted by Gasteiger charge is -2.33. The Morgan fingerprint density at radius 1 is 1.20 bits per heavy atom. The minimum Gasteiger partial charge on any atom is -0.378 e. The fraction of sp³-hybridized carbons (Fsp3) is 0.824. The predicted molar refractivity (Wildman–Crippen MR) is 90.8 cm³/mol. The zero-order chi connectivity index (χ0) is 18.1. The third-order valence-electron chi connectivity index (χ3n) is 5.28. The van der Waals surface area contributed by atoms with Gasteiger partial charge in [-0.1, -0.05) is 13.8 Å². The third kappa shape index (κ3) is 3.50. The van der Waals surface area contributed by atoms with Gasteiger partial charge in [0.25, 0.3) is 0 Å². The Kier molecular flexibility index (Phi) is 5.29. The largest absolute Gasteiger partial charge is 0.378 e. The molecule has 3 rings (SSSR count). The molecule has 0 aromatic rings. The van der Waals surface area contributed by atoms with Gasteiger partial charge in [0.15, 0.2) is 5.78 Å². The lowest BCUT2D eigenvalue weighted by molar-refractivity contribution is -0.137. The molecule has 3 heterocycles. The van der Waals surface area contributed by atoms with Gasteiger partial charge >= 0.3 is 6.03 Å². The first-order chi connectivity index (χ1) is 11.9. The Morgan fingerprint density at radius 3 is 2.52 bits per heavy atom. The van der Waals surface area contributed by atoms with Crippen molar-refractivity contribution in [1.82, 2.24) is 14.7 Å². The second-order valence-corrected chi connectivity index (χ2v) is 7.54. The maximum absolute atomic E-state index is 12.8. The Morgan fingerprint density at radius 2 is 1.88 bits per heavy atom. The highest BCUT2D eigenvalue weighted by Gasteiger charge is 2.52. The number of fused-ring (bicyclic) bond motifs is 1. The molecular formula is C17H28N4O4. The number of hydrogen-bond donors (Lipinski definition) is 1. The summed E-state index contributed by atoms with van der Waals surface area (Å²) in [5, 5.41) is 0. The summed E-state index contributed by atoms with van der Waals surface area (Å²) in [5.74, 6) is 0.0838. The molecular weight excluding hydrogens is 324 g/mol. The van der Waals surface area contributed by atoms with Crippen LogP contribution in [0.3, 0.4) is 0 Å². The fourth-order valence-corrected chi connectivity index (χ4v) is 4.08. The van der Waals surface area contributed by atoms with Crippen molar-refractivity contribution in [2.24, 2.45) is 11.7 Å². The van der Waals surface area contributed by atoms with E-state index in [9.17, 15) is 14.4 Å². The molecule has 8 nitrogen and oxygen atoms in total. The number of rotatable bonds is 3. The third-order valence-corrected chi connectivity index (χ3v) is 5.28. The van der Waals surface area contributed by atoms with E-state index in [4.69, 9.17) is 10.5 Å². The lowest BCUT2D eigenvalue weighted by Crippen LogP contribution is -2.52. The van der Waals surface area contributed by atoms with Crippen LogP contribution in [0.4, 0.5) is 4.79 Å². The van der Waals surface area contributed by atoms with E-state index >= 15 is 0 Å². The van der Waals surface area contributed by atoms with Gasteiger partial charge in [-0.05, 0) is 18.8 Å². The average Bonchev–Trinajstić information content (AvgIpc) is 3.15. The molecule has 2 N–H and O–H groups in total. The van der Waals surface area contributed by atoms with Crippen LogP contribution in [-0.4, -0.2) is 89.9 Å². The molecule has 3 atom stereocenters. The SMILES string of the molecule is CC(C)CC(N)C(=O)N1CCC2C1C(=O)CN2C(=O)N1CCOCC1. The number of ketones is 1. The van der Waals surface area contributed by atoms with Gasteiger partial charge in [0.05, 0.1) is 31.8 Å². The summed E-state index contributed by atoms with van der Waals surface area (Å²) in [7, 11) is 0. The Hall–Kier alpha value is -1.67. The molecule has 3 saturated heterocycles. The monoisotopic (exact) mass is 352 g/mol. The van der Waals surface area contributed by atoms with Crippen molar-refractivity contribution < 1.29 is 19.1 Å². The summed E-state index contributed by atoms with van der Waals surface area (Å²) < 4.78 is 5.28. The van der Waals surface area contributed by atoms with Crippen molar-refractivity contribution in [3.63, 3.8) is 0 Å². The van der Waals surface area contributed by atoms with E-state index in [1.165, 1.54) is 0 Å². The van der Waals surface area contributed by atoms with E-state index in [1.54, 1.807) is 14.7 Å². The number of carbonyl (C=O) groups is 3. The highest BCUT2D eigenvalue weighted by Crippen LogP contribution is 2.31. The first-order valence-electron chi connectivity index (χ1n) is 9.12. The number of urea groups is 1. The highest BCUT2D eigenvalue weighted by molar-refractivity contribution is 5.98. The number of hydrogen-bond acceptors (Lipinski definition) is 5. The van der Waals surface area contributed by atoms with Gasteiger partial charge in [-0.15, -0.1) is 0 Å². The van der Waals surface area contributed by atoms with Crippen LogP contribution in [-0.2, 0) is 14.3 Å². The van der Waals surface area contributed by atoms with Crippen LogP contribution in [0.15, 0.2) is 0 Å². The summed E-state index contributed by atoms with van der Waals surface area (Å²) in [4.78, 5) is 42.9. The Bertz CT molecular complexity index is 547. The maximum atomic E-state index is 12.8. The number of Topliss-reactive ketones (excluding diaryl/α,β-unsaturated/α-hetero) is 1. The van der Waals surface area contributed by atoms with Crippen molar-refractivity contribution >= 4 is 17.7 Å². The fourth-order valence-electron chi connectivity index (χ4n) is 4.08. The molecule has 0 saturated carbocycles. The minimum absolute atomic E-state index is 0.0609. The zero-order valence-electron chi connectivity index (χ0n) is 15.0. The van der Waals surface area contributed by atoms with E-state index in [-0.39, 0.29) is 30.3 Å². The molecule has 0 aliphatic carbocycles. The minimum atomic E-state index is -0.587. The van der Waals surface area contributed by atoms with Gasteiger partial charge in [-0.25, -0.2) is 4.79 Å². The topological polar surface area (TPSA) is 96.2 Å². The van der Waals surface area contributed by atoms with Gasteiger partial charge < -0.3 is 25.2 Å². The molecule has 3 amide bonds. The van der Waals surface area contributed by atoms with E-state index < -0.39 is 12.1 Å². The van der Waals surface area contributed by atoms with Gasteiger partial charge in [-0.2, -0.15) is 0 Å². The first kappa shape index (κ1) is 18.1. The van der Waals surface area contributed by atoms with Gasteiger partial charge in [0.2, 0.25) is 5.91 Å². The predicted octanol–water partition coefficient (Wildman–Crippen LogP) is -0.334. The number of morpholine rings is 1. The summed E-state index contributed by atoms with van der Waals surface area (Å²) in [6, 6.07) is -1.46.